The lowest BCUT2D eigenvalue weighted by Crippen LogP contribution is -1.90. The van der Waals surface area contributed by atoms with Gasteiger partial charge >= 0.3 is 0 Å². The molecule has 0 saturated carbocycles. The van der Waals surface area contributed by atoms with Crippen molar-refractivity contribution in [2.24, 2.45) is 0 Å². The van der Waals surface area contributed by atoms with Gasteiger partial charge in [0.05, 0.1) is 0 Å². The fraction of sp³-hybridized carbons (Fsp3) is 0.120. The lowest BCUT2D eigenvalue weighted by atomic mass is 10.1. The van der Waals surface area contributed by atoms with Crippen LogP contribution in [0.4, 0.5) is 8.78 Å². The van der Waals surface area contributed by atoms with Crippen LogP contribution in [0, 0.1) is 56.1 Å². The van der Waals surface area contributed by atoms with E-state index in [9.17, 15) is 8.78 Å². The summed E-state index contributed by atoms with van der Waals surface area (Å²) in [5.74, 6) is 10.9. The van der Waals surface area contributed by atoms with Gasteiger partial charge in [0, 0.05) is 27.8 Å². The summed E-state index contributed by atoms with van der Waals surface area (Å²) >= 11 is 0. The Hall–Kier alpha value is -3.36. The molecule has 0 radical (unpaired) electrons. The maximum atomic E-state index is 13.6. The van der Waals surface area contributed by atoms with Gasteiger partial charge in [-0.15, -0.1) is 0 Å². The van der Waals surface area contributed by atoms with Gasteiger partial charge in [-0.2, -0.15) is 0 Å². The first-order valence-electron chi connectivity index (χ1n) is 8.59. The van der Waals surface area contributed by atoms with Crippen molar-refractivity contribution in [1.29, 1.82) is 0 Å². The molecule has 27 heavy (non-hydrogen) atoms. The molecule has 0 aliphatic carbocycles. The normalized spacial score (nSPS) is 9.81. The maximum Gasteiger partial charge on any atom is 0.130 e. The minimum Gasteiger partial charge on any atom is -0.207 e. The van der Waals surface area contributed by atoms with Gasteiger partial charge in [0.1, 0.15) is 11.6 Å². The molecule has 0 aliphatic heterocycles. The number of hydrogen-bond acceptors (Lipinski definition) is 0. The molecule has 0 aliphatic rings. The Morgan fingerprint density at radius 2 is 1.11 bits per heavy atom. The minimum atomic E-state index is -0.587. The molecule has 0 atom stereocenters. The van der Waals surface area contributed by atoms with Gasteiger partial charge in [-0.05, 0) is 68.8 Å². The Balaban J connectivity index is 1.78. The highest BCUT2D eigenvalue weighted by atomic mass is 19.1. The van der Waals surface area contributed by atoms with Crippen LogP contribution in [0.15, 0.2) is 54.6 Å². The van der Waals surface area contributed by atoms with Crippen molar-refractivity contribution in [1.82, 2.24) is 0 Å². The quantitative estimate of drug-likeness (QED) is 0.454. The van der Waals surface area contributed by atoms with E-state index >= 15 is 0 Å². The van der Waals surface area contributed by atoms with E-state index in [0.717, 1.165) is 22.3 Å². The van der Waals surface area contributed by atoms with Crippen LogP contribution < -0.4 is 0 Å². The number of halogens is 2. The monoisotopic (exact) mass is 356 g/mol. The molecule has 0 heterocycles. The van der Waals surface area contributed by atoms with E-state index in [-0.39, 0.29) is 5.56 Å². The first-order chi connectivity index (χ1) is 12.9. The van der Waals surface area contributed by atoms with Crippen LogP contribution in [-0.4, -0.2) is 0 Å². The molecule has 3 aromatic carbocycles. The lowest BCUT2D eigenvalue weighted by molar-refractivity contribution is 0.567. The molecule has 0 spiro atoms. The summed E-state index contributed by atoms with van der Waals surface area (Å²) in [6.45, 7) is 5.51. The highest BCUT2D eigenvalue weighted by Crippen LogP contribution is 2.14. The Kier molecular flexibility index (Phi) is 5.39. The second-order valence-corrected chi connectivity index (χ2v) is 6.46. The van der Waals surface area contributed by atoms with Crippen molar-refractivity contribution in [3.63, 3.8) is 0 Å². The van der Waals surface area contributed by atoms with Crippen LogP contribution >= 0.6 is 0 Å². The fourth-order valence-electron chi connectivity index (χ4n) is 2.59. The van der Waals surface area contributed by atoms with E-state index in [4.69, 9.17) is 0 Å². The fourth-order valence-corrected chi connectivity index (χ4v) is 2.59. The molecule has 0 bridgehead atoms. The molecular formula is C25H18F2. The number of benzene rings is 3. The van der Waals surface area contributed by atoms with E-state index < -0.39 is 11.6 Å². The summed E-state index contributed by atoms with van der Waals surface area (Å²) in [6.07, 6.45) is 0. The van der Waals surface area contributed by atoms with Crippen LogP contribution in [0.1, 0.15) is 38.9 Å². The van der Waals surface area contributed by atoms with Gasteiger partial charge in [0.2, 0.25) is 0 Å². The van der Waals surface area contributed by atoms with Gasteiger partial charge in [-0.1, -0.05) is 41.4 Å². The molecule has 0 unspecified atom stereocenters. The zero-order valence-corrected chi connectivity index (χ0v) is 15.5. The van der Waals surface area contributed by atoms with Gasteiger partial charge in [0.25, 0.3) is 0 Å². The standard InChI is InChI=1S/C25H18F2/c1-17-4-12-23(18(2)14-17)13-11-21-7-5-20(6-8-21)9-10-22-15-24(26)19(3)25(27)16-22/h4-8,12,14-16H,1-3H3. The Morgan fingerprint density at radius 3 is 1.67 bits per heavy atom. The average Bonchev–Trinajstić information content (AvgIpc) is 2.64. The molecule has 132 valence electrons. The summed E-state index contributed by atoms with van der Waals surface area (Å²) in [5, 5.41) is 0. The third-order valence-electron chi connectivity index (χ3n) is 4.24. The first kappa shape index (κ1) is 18.4. The third kappa shape index (κ3) is 4.63. The smallest absolute Gasteiger partial charge is 0.130 e. The van der Waals surface area contributed by atoms with Gasteiger partial charge in [-0.3, -0.25) is 0 Å². The third-order valence-corrected chi connectivity index (χ3v) is 4.24. The molecule has 0 amide bonds. The second kappa shape index (κ2) is 7.90. The van der Waals surface area contributed by atoms with Gasteiger partial charge in [0.15, 0.2) is 0 Å². The summed E-state index contributed by atoms with van der Waals surface area (Å²) < 4.78 is 27.1. The van der Waals surface area contributed by atoms with Crippen LogP contribution in [0.5, 0.6) is 0 Å². The van der Waals surface area contributed by atoms with E-state index in [1.807, 2.05) is 43.3 Å². The van der Waals surface area contributed by atoms with Crippen LogP contribution in [-0.2, 0) is 0 Å². The highest BCUT2D eigenvalue weighted by molar-refractivity contribution is 5.50. The van der Waals surface area contributed by atoms with Crippen molar-refractivity contribution in [2.45, 2.75) is 20.8 Å². The number of hydrogen-bond donors (Lipinski definition) is 0. The molecule has 3 rings (SSSR count). The summed E-state index contributed by atoms with van der Waals surface area (Å²) in [4.78, 5) is 0. The second-order valence-electron chi connectivity index (χ2n) is 6.46. The predicted molar refractivity (Wildman–Crippen MR) is 105 cm³/mol. The van der Waals surface area contributed by atoms with Crippen molar-refractivity contribution < 1.29 is 8.78 Å². The zero-order chi connectivity index (χ0) is 19.4. The van der Waals surface area contributed by atoms with Crippen LogP contribution in [0.25, 0.3) is 0 Å². The minimum absolute atomic E-state index is 0.00675. The van der Waals surface area contributed by atoms with Gasteiger partial charge < -0.3 is 0 Å². The Labute approximate surface area is 158 Å². The molecule has 0 aromatic heterocycles. The van der Waals surface area contributed by atoms with E-state index in [2.05, 4.69) is 36.7 Å². The highest BCUT2D eigenvalue weighted by Gasteiger charge is 2.05. The SMILES string of the molecule is Cc1ccc(C#Cc2ccc(C#Cc3cc(F)c(C)c(F)c3)cc2)c(C)c1. The van der Waals surface area contributed by atoms with Crippen molar-refractivity contribution in [3.05, 3.63) is 105 Å². The largest absolute Gasteiger partial charge is 0.207 e. The Morgan fingerprint density at radius 1 is 0.593 bits per heavy atom. The average molecular weight is 356 g/mol. The number of rotatable bonds is 0. The first-order valence-corrected chi connectivity index (χ1v) is 8.59. The number of aryl methyl sites for hydroxylation is 2. The Bertz CT molecular complexity index is 1090. The molecule has 0 fully saturated rings. The molecule has 0 nitrogen and oxygen atoms in total. The molecular weight excluding hydrogens is 338 g/mol. The summed E-state index contributed by atoms with van der Waals surface area (Å²) in [6, 6.07) is 16.1. The zero-order valence-electron chi connectivity index (χ0n) is 15.5. The van der Waals surface area contributed by atoms with Crippen LogP contribution in [0.2, 0.25) is 0 Å². The van der Waals surface area contributed by atoms with Crippen molar-refractivity contribution in [3.8, 4) is 23.7 Å². The van der Waals surface area contributed by atoms with Gasteiger partial charge in [-0.25, -0.2) is 8.78 Å². The molecule has 0 N–H and O–H groups in total. The summed E-state index contributed by atoms with van der Waals surface area (Å²) in [7, 11) is 0. The van der Waals surface area contributed by atoms with Crippen molar-refractivity contribution in [2.75, 3.05) is 0 Å². The molecule has 2 heteroatoms. The topological polar surface area (TPSA) is 0 Å². The predicted octanol–water partition coefficient (Wildman–Crippen LogP) is 5.69. The maximum absolute atomic E-state index is 13.6. The van der Waals surface area contributed by atoms with E-state index in [0.29, 0.717) is 5.56 Å². The van der Waals surface area contributed by atoms with Crippen molar-refractivity contribution >= 4 is 0 Å². The molecule has 0 saturated heterocycles. The van der Waals surface area contributed by atoms with E-state index in [1.165, 1.54) is 24.6 Å². The lowest BCUT2D eigenvalue weighted by Gasteiger charge is -1.99. The molecule has 3 aromatic rings. The van der Waals surface area contributed by atoms with E-state index in [1.54, 1.807) is 0 Å². The summed E-state index contributed by atoms with van der Waals surface area (Å²) in [5.41, 5.74) is 5.34. The van der Waals surface area contributed by atoms with Crippen LogP contribution in [0.3, 0.4) is 0 Å².